The number of rotatable bonds is 2. The van der Waals surface area contributed by atoms with E-state index in [0.717, 1.165) is 24.3 Å². The molecule has 4 atom stereocenters. The average Bonchev–Trinajstić information content (AvgIpc) is 2.75. The highest BCUT2D eigenvalue weighted by Crippen LogP contribution is 2.65. The second kappa shape index (κ2) is 4.83. The Labute approximate surface area is 129 Å². The van der Waals surface area contributed by atoms with E-state index < -0.39 is 0 Å². The molecule has 1 heteroatoms. The van der Waals surface area contributed by atoms with Crippen LogP contribution in [0.15, 0.2) is 23.3 Å². The lowest BCUT2D eigenvalue weighted by Gasteiger charge is -2.56. The maximum atomic E-state index is 11.9. The fourth-order valence-corrected chi connectivity index (χ4v) is 5.64. The number of carbonyl (C=O) groups is 1. The predicted molar refractivity (Wildman–Crippen MR) is 88.0 cm³/mol. The van der Waals surface area contributed by atoms with Crippen molar-refractivity contribution in [3.05, 3.63) is 23.3 Å². The fourth-order valence-electron chi connectivity index (χ4n) is 5.64. The van der Waals surface area contributed by atoms with E-state index in [-0.39, 0.29) is 5.78 Å². The molecular weight excluding hydrogens is 256 g/mol. The molecule has 1 nitrogen and oxygen atoms in total. The molecule has 0 radical (unpaired) electrons. The summed E-state index contributed by atoms with van der Waals surface area (Å²) in [4.78, 5) is 11.9. The van der Waals surface area contributed by atoms with Crippen molar-refractivity contribution < 1.29 is 4.79 Å². The van der Waals surface area contributed by atoms with E-state index in [1.54, 1.807) is 12.5 Å². The van der Waals surface area contributed by atoms with Crippen LogP contribution >= 0.6 is 0 Å². The van der Waals surface area contributed by atoms with Crippen molar-refractivity contribution in [1.29, 1.82) is 0 Å². The van der Waals surface area contributed by atoms with Crippen LogP contribution in [0.4, 0.5) is 0 Å². The van der Waals surface area contributed by atoms with Gasteiger partial charge in [-0.1, -0.05) is 45.4 Å². The molecule has 21 heavy (non-hydrogen) atoms. The average molecular weight is 286 g/mol. The first kappa shape index (κ1) is 15.1. The second-order valence-corrected chi connectivity index (χ2v) is 8.56. The largest absolute Gasteiger partial charge is 0.295 e. The monoisotopic (exact) mass is 286 g/mol. The summed E-state index contributed by atoms with van der Waals surface area (Å²) >= 11 is 0. The molecule has 1 fully saturated rings. The van der Waals surface area contributed by atoms with Crippen molar-refractivity contribution in [1.82, 2.24) is 0 Å². The van der Waals surface area contributed by atoms with Crippen molar-refractivity contribution in [2.24, 2.45) is 28.6 Å². The first-order chi connectivity index (χ1) is 9.78. The minimum Gasteiger partial charge on any atom is -0.295 e. The Bertz CT molecular complexity index is 524. The summed E-state index contributed by atoms with van der Waals surface area (Å²) < 4.78 is 0. The topological polar surface area (TPSA) is 17.1 Å². The van der Waals surface area contributed by atoms with Crippen LogP contribution in [0.3, 0.4) is 0 Å². The minimum atomic E-state index is 0.290. The van der Waals surface area contributed by atoms with Gasteiger partial charge in [0.15, 0.2) is 5.78 Å². The molecule has 0 amide bonds. The van der Waals surface area contributed by atoms with Crippen LogP contribution in [0.2, 0.25) is 0 Å². The smallest absolute Gasteiger partial charge is 0.155 e. The van der Waals surface area contributed by atoms with E-state index in [2.05, 4.69) is 39.8 Å². The molecule has 4 unspecified atom stereocenters. The molecule has 1 saturated carbocycles. The van der Waals surface area contributed by atoms with Gasteiger partial charge in [0.2, 0.25) is 0 Å². The number of fused-ring (bicyclic) bond motifs is 3. The number of carbonyl (C=O) groups excluding carboxylic acids is 1. The third-order valence-corrected chi connectivity index (χ3v) is 6.98. The quantitative estimate of drug-likeness (QED) is 0.628. The van der Waals surface area contributed by atoms with Gasteiger partial charge in [-0.2, -0.15) is 0 Å². The zero-order valence-corrected chi connectivity index (χ0v) is 14.3. The van der Waals surface area contributed by atoms with Gasteiger partial charge in [0, 0.05) is 0 Å². The molecule has 0 aliphatic heterocycles. The van der Waals surface area contributed by atoms with Gasteiger partial charge < -0.3 is 0 Å². The molecule has 3 rings (SSSR count). The van der Waals surface area contributed by atoms with Gasteiger partial charge in [0.1, 0.15) is 0 Å². The molecule has 116 valence electrons. The molecule has 0 heterocycles. The molecule has 0 bridgehead atoms. The summed E-state index contributed by atoms with van der Waals surface area (Å²) in [5, 5.41) is 0. The lowest BCUT2D eigenvalue weighted by molar-refractivity contribution is -0.115. The van der Waals surface area contributed by atoms with E-state index in [9.17, 15) is 4.79 Å². The van der Waals surface area contributed by atoms with Gasteiger partial charge >= 0.3 is 0 Å². The highest BCUT2D eigenvalue weighted by atomic mass is 16.1. The van der Waals surface area contributed by atoms with Gasteiger partial charge in [-0.25, -0.2) is 0 Å². The zero-order valence-electron chi connectivity index (χ0n) is 14.3. The van der Waals surface area contributed by atoms with E-state index >= 15 is 0 Å². The van der Waals surface area contributed by atoms with Crippen molar-refractivity contribution in [3.8, 4) is 0 Å². The Morgan fingerprint density at radius 1 is 1.24 bits per heavy atom. The summed E-state index contributed by atoms with van der Waals surface area (Å²) in [6, 6.07) is 0. The molecule has 0 spiro atoms. The Morgan fingerprint density at radius 2 is 1.95 bits per heavy atom. The highest BCUT2D eigenvalue weighted by Gasteiger charge is 2.56. The van der Waals surface area contributed by atoms with Crippen LogP contribution in [0.25, 0.3) is 0 Å². The van der Waals surface area contributed by atoms with Gasteiger partial charge in [-0.15, -0.1) is 0 Å². The molecule has 0 aromatic carbocycles. The maximum Gasteiger partial charge on any atom is 0.155 e. The Morgan fingerprint density at radius 3 is 2.57 bits per heavy atom. The summed E-state index contributed by atoms with van der Waals surface area (Å²) in [6.07, 6.45) is 10.8. The van der Waals surface area contributed by atoms with Gasteiger partial charge in [0.05, 0.1) is 0 Å². The Balaban J connectivity index is 1.95. The predicted octanol–water partition coefficient (Wildman–Crippen LogP) is 5.32. The Hall–Kier alpha value is -0.850. The van der Waals surface area contributed by atoms with Crippen LogP contribution in [0.5, 0.6) is 0 Å². The van der Waals surface area contributed by atoms with Crippen molar-refractivity contribution in [2.75, 3.05) is 0 Å². The van der Waals surface area contributed by atoms with E-state index in [4.69, 9.17) is 0 Å². The number of Topliss-reactive ketones (excluding diaryl/α,β-unsaturated/α-hetero) is 1. The number of hydrogen-bond acceptors (Lipinski definition) is 1. The van der Waals surface area contributed by atoms with Crippen LogP contribution in [0.1, 0.15) is 66.7 Å². The highest BCUT2D eigenvalue weighted by molar-refractivity contribution is 5.93. The number of hydrogen-bond donors (Lipinski definition) is 0. The standard InChI is InChI=1S/C20H30O/c1-13(2)16-7-11-20(5)17(16)8-10-19(4)9-6-15(14(3)21)12-18(19)20/h6-7,13,17-18H,8-12H2,1-5H3. The van der Waals surface area contributed by atoms with Crippen LogP contribution in [0, 0.1) is 28.6 Å². The number of ketones is 1. The van der Waals surface area contributed by atoms with Crippen molar-refractivity contribution >= 4 is 5.78 Å². The van der Waals surface area contributed by atoms with E-state index in [1.807, 2.05) is 0 Å². The molecule has 3 aliphatic carbocycles. The summed E-state index contributed by atoms with van der Waals surface area (Å²) in [7, 11) is 0. The van der Waals surface area contributed by atoms with E-state index in [0.29, 0.717) is 22.7 Å². The van der Waals surface area contributed by atoms with Crippen molar-refractivity contribution in [3.63, 3.8) is 0 Å². The van der Waals surface area contributed by atoms with Crippen LogP contribution in [-0.2, 0) is 4.79 Å². The van der Waals surface area contributed by atoms with Gasteiger partial charge in [-0.3, -0.25) is 4.79 Å². The SMILES string of the molecule is CC(=O)C1=CCC2(C)CCC3C(C(C)C)=CCC3(C)C2C1. The third-order valence-electron chi connectivity index (χ3n) is 6.98. The third kappa shape index (κ3) is 2.15. The molecule has 0 N–H and O–H groups in total. The number of allylic oxidation sites excluding steroid dienone is 4. The van der Waals surface area contributed by atoms with Crippen LogP contribution < -0.4 is 0 Å². The minimum absolute atomic E-state index is 0.290. The zero-order chi connectivity index (χ0) is 15.4. The lowest BCUT2D eigenvalue weighted by Crippen LogP contribution is -2.49. The van der Waals surface area contributed by atoms with E-state index in [1.165, 1.54) is 19.3 Å². The Kier molecular flexibility index (Phi) is 3.46. The first-order valence-electron chi connectivity index (χ1n) is 8.68. The molecule has 0 saturated heterocycles. The molecule has 0 aromatic rings. The summed E-state index contributed by atoms with van der Waals surface area (Å²) in [5.74, 6) is 2.38. The molecule has 3 aliphatic rings. The normalized spacial score (nSPS) is 42.2. The van der Waals surface area contributed by atoms with Gasteiger partial charge in [-0.05, 0) is 73.2 Å². The van der Waals surface area contributed by atoms with Crippen molar-refractivity contribution in [2.45, 2.75) is 66.7 Å². The van der Waals surface area contributed by atoms with Crippen LogP contribution in [-0.4, -0.2) is 5.78 Å². The maximum absolute atomic E-state index is 11.9. The van der Waals surface area contributed by atoms with Gasteiger partial charge in [0.25, 0.3) is 0 Å². The first-order valence-corrected chi connectivity index (χ1v) is 8.68. The second-order valence-electron chi connectivity index (χ2n) is 8.56. The summed E-state index contributed by atoms with van der Waals surface area (Å²) in [5.41, 5.74) is 3.57. The lowest BCUT2D eigenvalue weighted by atomic mass is 9.48. The summed E-state index contributed by atoms with van der Waals surface area (Å²) in [6.45, 7) is 11.4. The molecule has 0 aromatic heterocycles. The fraction of sp³-hybridized carbons (Fsp3) is 0.750. The molecular formula is C20H30O.